The van der Waals surface area contributed by atoms with Gasteiger partial charge in [0, 0.05) is 34.9 Å². The highest BCUT2D eigenvalue weighted by atomic mass is 16.3. The van der Waals surface area contributed by atoms with Crippen LogP contribution in [0.15, 0.2) is 30.3 Å². The number of aliphatic hydroxyl groups is 2. The molecule has 3 aromatic rings. The minimum Gasteiger partial charge on any atom is -0.508 e. The third-order valence-electron chi connectivity index (χ3n) is 4.69. The maximum Gasteiger partial charge on any atom is 0.124 e. The zero-order chi connectivity index (χ0) is 16.3. The number of hydrogen-bond donors (Lipinski definition) is 5. The summed E-state index contributed by atoms with van der Waals surface area (Å²) in [6.45, 7) is 0. The number of anilines is 1. The van der Waals surface area contributed by atoms with Crippen molar-refractivity contribution in [2.24, 2.45) is 0 Å². The predicted octanol–water partition coefficient (Wildman–Crippen LogP) is 2.33. The Hall–Kier alpha value is -2.50. The summed E-state index contributed by atoms with van der Waals surface area (Å²) < 4.78 is 0. The van der Waals surface area contributed by atoms with Crippen LogP contribution < -0.4 is 5.73 Å². The average Bonchev–Trinajstić information content (AvgIpc) is 2.49. The molecule has 2 atom stereocenters. The number of rotatable bonds is 0. The maximum absolute atomic E-state index is 10.5. The molecule has 0 bridgehead atoms. The molecular formula is C18H17NO4. The summed E-state index contributed by atoms with van der Waals surface area (Å²) >= 11 is 0. The SMILES string of the molecule is Nc1cccc2c1cc(O)c1c3c(c(O)cc12)CC(O)CC3O. The topological polar surface area (TPSA) is 107 Å². The second kappa shape index (κ2) is 4.75. The summed E-state index contributed by atoms with van der Waals surface area (Å²) in [5.74, 6) is 0.0247. The van der Waals surface area contributed by atoms with Gasteiger partial charge in [-0.1, -0.05) is 12.1 Å². The molecule has 5 nitrogen and oxygen atoms in total. The molecule has 0 spiro atoms. The van der Waals surface area contributed by atoms with Crippen LogP contribution in [0.4, 0.5) is 5.69 Å². The lowest BCUT2D eigenvalue weighted by molar-refractivity contribution is 0.0683. The molecule has 0 aromatic heterocycles. The van der Waals surface area contributed by atoms with Gasteiger partial charge in [0.25, 0.3) is 0 Å². The van der Waals surface area contributed by atoms with Gasteiger partial charge in [-0.2, -0.15) is 0 Å². The molecule has 0 saturated heterocycles. The van der Waals surface area contributed by atoms with E-state index in [9.17, 15) is 20.4 Å². The van der Waals surface area contributed by atoms with Crippen LogP contribution >= 0.6 is 0 Å². The van der Waals surface area contributed by atoms with E-state index in [1.165, 1.54) is 0 Å². The molecule has 5 heteroatoms. The van der Waals surface area contributed by atoms with E-state index in [0.29, 0.717) is 33.0 Å². The van der Waals surface area contributed by atoms with Gasteiger partial charge in [-0.3, -0.25) is 0 Å². The van der Waals surface area contributed by atoms with Gasteiger partial charge in [0.05, 0.1) is 12.2 Å². The van der Waals surface area contributed by atoms with Crippen LogP contribution in [-0.4, -0.2) is 26.5 Å². The van der Waals surface area contributed by atoms with Crippen molar-refractivity contribution in [3.8, 4) is 11.5 Å². The van der Waals surface area contributed by atoms with Gasteiger partial charge in [-0.25, -0.2) is 0 Å². The zero-order valence-electron chi connectivity index (χ0n) is 12.3. The number of aromatic hydroxyl groups is 2. The van der Waals surface area contributed by atoms with E-state index in [4.69, 9.17) is 5.73 Å². The Kier molecular flexibility index (Phi) is 2.91. The highest BCUT2D eigenvalue weighted by Gasteiger charge is 2.30. The Bertz CT molecular complexity index is 951. The minimum atomic E-state index is -0.937. The lowest BCUT2D eigenvalue weighted by atomic mass is 9.82. The first-order valence-electron chi connectivity index (χ1n) is 7.52. The largest absolute Gasteiger partial charge is 0.508 e. The molecule has 0 heterocycles. The van der Waals surface area contributed by atoms with Crippen molar-refractivity contribution >= 4 is 27.2 Å². The second-order valence-corrected chi connectivity index (χ2v) is 6.16. The Morgan fingerprint density at radius 1 is 0.957 bits per heavy atom. The minimum absolute atomic E-state index is 0.0112. The Morgan fingerprint density at radius 3 is 2.48 bits per heavy atom. The van der Waals surface area contributed by atoms with Crippen molar-refractivity contribution in [3.05, 3.63) is 41.5 Å². The monoisotopic (exact) mass is 311 g/mol. The second-order valence-electron chi connectivity index (χ2n) is 6.16. The lowest BCUT2D eigenvalue weighted by Gasteiger charge is -2.28. The molecule has 0 amide bonds. The standard InChI is InChI=1S/C18H17NO4/c19-13-3-1-2-9-10(13)6-16(23)17-11(9)7-14(21)12-4-8(20)5-15(22)18(12)17/h1-3,6-8,15,20-23H,4-5,19H2. The van der Waals surface area contributed by atoms with Gasteiger partial charge >= 0.3 is 0 Å². The Balaban J connectivity index is 2.21. The molecule has 0 fully saturated rings. The van der Waals surface area contributed by atoms with Crippen molar-refractivity contribution in [2.75, 3.05) is 5.73 Å². The van der Waals surface area contributed by atoms with Gasteiger partial charge in [0.2, 0.25) is 0 Å². The van der Waals surface area contributed by atoms with Crippen LogP contribution in [0.5, 0.6) is 11.5 Å². The van der Waals surface area contributed by atoms with Crippen molar-refractivity contribution < 1.29 is 20.4 Å². The van der Waals surface area contributed by atoms with Crippen molar-refractivity contribution in [1.29, 1.82) is 0 Å². The summed E-state index contributed by atoms with van der Waals surface area (Å²) in [7, 11) is 0. The lowest BCUT2D eigenvalue weighted by Crippen LogP contribution is -2.23. The molecule has 23 heavy (non-hydrogen) atoms. The zero-order valence-corrected chi connectivity index (χ0v) is 12.3. The summed E-state index contributed by atoms with van der Waals surface area (Å²) in [6, 6.07) is 8.58. The highest BCUT2D eigenvalue weighted by molar-refractivity contribution is 6.15. The molecule has 1 aliphatic carbocycles. The number of benzene rings is 3. The third-order valence-corrected chi connectivity index (χ3v) is 4.69. The molecule has 0 radical (unpaired) electrons. The summed E-state index contributed by atoms with van der Waals surface area (Å²) in [4.78, 5) is 0. The van der Waals surface area contributed by atoms with Crippen LogP contribution in [0.2, 0.25) is 0 Å². The highest BCUT2D eigenvalue weighted by Crippen LogP contribution is 2.46. The van der Waals surface area contributed by atoms with Gasteiger partial charge in [-0.05, 0) is 34.5 Å². The molecule has 3 aromatic carbocycles. The van der Waals surface area contributed by atoms with Gasteiger partial charge in [0.1, 0.15) is 11.5 Å². The van der Waals surface area contributed by atoms with Crippen LogP contribution in [-0.2, 0) is 6.42 Å². The normalized spacial score (nSPS) is 20.8. The molecule has 2 unspecified atom stereocenters. The number of aliphatic hydroxyl groups excluding tert-OH is 2. The van der Waals surface area contributed by atoms with Crippen LogP contribution in [0.25, 0.3) is 21.5 Å². The first kappa shape index (κ1) is 14.1. The fourth-order valence-electron chi connectivity index (χ4n) is 3.68. The van der Waals surface area contributed by atoms with Gasteiger partial charge in [-0.15, -0.1) is 0 Å². The summed E-state index contributed by atoms with van der Waals surface area (Å²) in [5, 5.41) is 43.8. The predicted molar refractivity (Wildman–Crippen MR) is 88.5 cm³/mol. The molecule has 0 aliphatic heterocycles. The average molecular weight is 311 g/mol. The molecule has 0 saturated carbocycles. The van der Waals surface area contributed by atoms with E-state index < -0.39 is 12.2 Å². The van der Waals surface area contributed by atoms with Gasteiger partial charge in [0.15, 0.2) is 0 Å². The molecule has 6 N–H and O–H groups in total. The quantitative estimate of drug-likeness (QED) is 0.323. The van der Waals surface area contributed by atoms with E-state index in [1.54, 1.807) is 18.2 Å². The fraction of sp³-hybridized carbons (Fsp3) is 0.222. The number of fused-ring (bicyclic) bond motifs is 5. The number of hydrogen-bond acceptors (Lipinski definition) is 5. The molecule has 4 rings (SSSR count). The number of nitrogens with two attached hydrogens (primary N) is 1. The summed E-state index contributed by atoms with van der Waals surface area (Å²) in [6.07, 6.45) is -1.21. The number of phenols is 2. The third kappa shape index (κ3) is 1.94. The number of nitrogen functional groups attached to an aromatic ring is 1. The van der Waals surface area contributed by atoms with Gasteiger partial charge < -0.3 is 26.2 Å². The number of phenolic OH excluding ortho intramolecular Hbond substituents is 2. The van der Waals surface area contributed by atoms with E-state index >= 15 is 0 Å². The van der Waals surface area contributed by atoms with Crippen LogP contribution in [0, 0.1) is 0 Å². The van der Waals surface area contributed by atoms with E-state index in [0.717, 1.165) is 5.39 Å². The van der Waals surface area contributed by atoms with Crippen molar-refractivity contribution in [3.63, 3.8) is 0 Å². The first-order chi connectivity index (χ1) is 11.0. The first-order valence-corrected chi connectivity index (χ1v) is 7.52. The van der Waals surface area contributed by atoms with Crippen molar-refractivity contribution in [1.82, 2.24) is 0 Å². The summed E-state index contributed by atoms with van der Waals surface area (Å²) in [5.41, 5.74) is 7.50. The van der Waals surface area contributed by atoms with E-state index in [-0.39, 0.29) is 24.3 Å². The fourth-order valence-corrected chi connectivity index (χ4v) is 3.68. The molecular weight excluding hydrogens is 294 g/mol. The molecule has 118 valence electrons. The van der Waals surface area contributed by atoms with E-state index in [1.807, 2.05) is 12.1 Å². The maximum atomic E-state index is 10.5. The Labute approximate surface area is 132 Å². The Morgan fingerprint density at radius 2 is 1.70 bits per heavy atom. The van der Waals surface area contributed by atoms with Crippen LogP contribution in [0.1, 0.15) is 23.7 Å². The van der Waals surface area contributed by atoms with E-state index in [2.05, 4.69) is 0 Å². The smallest absolute Gasteiger partial charge is 0.124 e. The van der Waals surface area contributed by atoms with Crippen molar-refractivity contribution in [2.45, 2.75) is 25.0 Å². The van der Waals surface area contributed by atoms with Crippen LogP contribution in [0.3, 0.4) is 0 Å². The molecule has 1 aliphatic rings.